The van der Waals surface area contributed by atoms with Gasteiger partial charge in [-0.1, -0.05) is 6.92 Å². The molecule has 0 radical (unpaired) electrons. The molecule has 2 aliphatic carbocycles. The summed E-state index contributed by atoms with van der Waals surface area (Å²) in [4.78, 5) is 25.2. The van der Waals surface area contributed by atoms with Gasteiger partial charge in [0.25, 0.3) is 0 Å². The van der Waals surface area contributed by atoms with E-state index >= 15 is 0 Å². The van der Waals surface area contributed by atoms with Crippen LogP contribution in [0.3, 0.4) is 0 Å². The number of furan rings is 1. The highest BCUT2D eigenvalue weighted by Gasteiger charge is 2.62. The minimum atomic E-state index is -0.611. The fraction of sp³-hybridized carbons (Fsp3) is 0.474. The zero-order valence-corrected chi connectivity index (χ0v) is 13.4. The maximum absolute atomic E-state index is 13.0. The Morgan fingerprint density at radius 1 is 1.29 bits per heavy atom. The second-order valence-corrected chi connectivity index (χ2v) is 7.24. The summed E-state index contributed by atoms with van der Waals surface area (Å²) >= 11 is 0. The van der Waals surface area contributed by atoms with Crippen LogP contribution in [-0.4, -0.2) is 11.9 Å². The average Bonchev–Trinajstić information content (AvgIpc) is 3.26. The van der Waals surface area contributed by atoms with Gasteiger partial charge in [-0.15, -0.1) is 0 Å². The Bertz CT molecular complexity index is 800. The van der Waals surface area contributed by atoms with Crippen molar-refractivity contribution in [3.63, 3.8) is 0 Å². The molecule has 0 amide bonds. The molecule has 0 N–H and O–H groups in total. The molecule has 0 bridgehead atoms. The van der Waals surface area contributed by atoms with Gasteiger partial charge in [-0.25, -0.2) is 4.79 Å². The van der Waals surface area contributed by atoms with Crippen LogP contribution < -0.4 is 0 Å². The number of rotatable bonds is 1. The van der Waals surface area contributed by atoms with Crippen LogP contribution in [0.15, 0.2) is 46.0 Å². The number of ether oxygens (including phenoxy) is 2. The van der Waals surface area contributed by atoms with Crippen LogP contribution in [0.4, 0.5) is 0 Å². The van der Waals surface area contributed by atoms with Crippen LogP contribution >= 0.6 is 0 Å². The molecule has 1 fully saturated rings. The van der Waals surface area contributed by atoms with Crippen molar-refractivity contribution < 1.29 is 23.5 Å². The monoisotopic (exact) mass is 326 g/mol. The highest BCUT2D eigenvalue weighted by molar-refractivity contribution is 5.96. The lowest BCUT2D eigenvalue weighted by Crippen LogP contribution is -2.44. The lowest BCUT2D eigenvalue weighted by atomic mass is 9.56. The lowest BCUT2D eigenvalue weighted by Gasteiger charge is -2.43. The minimum absolute atomic E-state index is 0.00658. The number of cyclic esters (lactones) is 1. The third-order valence-electron chi connectivity index (χ3n) is 6.21. The number of carbonyl (C=O) groups is 2. The summed E-state index contributed by atoms with van der Waals surface area (Å²) in [5, 5.41) is 0. The van der Waals surface area contributed by atoms with E-state index in [2.05, 4.69) is 0 Å². The van der Waals surface area contributed by atoms with Crippen LogP contribution in [0, 0.1) is 17.3 Å². The standard InChI is InChI=1S/C19H18O5/c1-10-7-14-16-12(17(20)23-14)3-2-4-13(16)19(10)8-15(24-18(19)21)11-5-6-22-9-11/h5-7,9-10,13,15H,2-4,8H2,1H3. The Morgan fingerprint density at radius 3 is 2.96 bits per heavy atom. The van der Waals surface area contributed by atoms with E-state index in [9.17, 15) is 9.59 Å². The number of carbonyl (C=O) groups excluding carboxylic acids is 2. The quantitative estimate of drug-likeness (QED) is 0.740. The molecular formula is C19H18O5. The molecule has 1 saturated heterocycles. The topological polar surface area (TPSA) is 65.7 Å². The normalized spacial score (nSPS) is 37.4. The van der Waals surface area contributed by atoms with Crippen molar-refractivity contribution in [3.05, 3.63) is 47.1 Å². The second-order valence-electron chi connectivity index (χ2n) is 7.24. The first kappa shape index (κ1) is 14.1. The van der Waals surface area contributed by atoms with Crippen molar-refractivity contribution >= 4 is 11.9 Å². The van der Waals surface area contributed by atoms with Gasteiger partial charge < -0.3 is 13.9 Å². The Hall–Kier alpha value is -2.30. The summed E-state index contributed by atoms with van der Waals surface area (Å²) in [5.41, 5.74) is 2.02. The third kappa shape index (κ3) is 1.60. The van der Waals surface area contributed by atoms with Gasteiger partial charge >= 0.3 is 11.9 Å². The average molecular weight is 326 g/mol. The molecule has 1 aromatic heterocycles. The SMILES string of the molecule is CC1C=C2OC(=O)C3=C2C(CCC3)C12CC(c1ccoc1)OC2=O. The van der Waals surface area contributed by atoms with E-state index in [1.165, 1.54) is 0 Å². The van der Waals surface area contributed by atoms with Crippen molar-refractivity contribution in [2.45, 2.75) is 38.7 Å². The van der Waals surface area contributed by atoms with Gasteiger partial charge in [-0.2, -0.15) is 0 Å². The van der Waals surface area contributed by atoms with E-state index in [1.54, 1.807) is 12.5 Å². The van der Waals surface area contributed by atoms with Gasteiger partial charge in [0.05, 0.1) is 17.9 Å². The van der Waals surface area contributed by atoms with E-state index in [0.717, 1.165) is 36.0 Å². The van der Waals surface area contributed by atoms with E-state index in [0.29, 0.717) is 12.2 Å². The van der Waals surface area contributed by atoms with E-state index in [-0.39, 0.29) is 29.9 Å². The van der Waals surface area contributed by atoms with E-state index < -0.39 is 5.41 Å². The molecule has 0 saturated carbocycles. The maximum atomic E-state index is 13.0. The first-order valence-electron chi connectivity index (χ1n) is 8.52. The van der Waals surface area contributed by atoms with Gasteiger partial charge in [-0.3, -0.25) is 4.79 Å². The van der Waals surface area contributed by atoms with Crippen molar-refractivity contribution in [3.8, 4) is 0 Å². The van der Waals surface area contributed by atoms with E-state index in [1.807, 2.05) is 19.1 Å². The molecule has 5 heteroatoms. The lowest BCUT2D eigenvalue weighted by molar-refractivity contribution is -0.153. The smallest absolute Gasteiger partial charge is 0.339 e. The van der Waals surface area contributed by atoms with Crippen molar-refractivity contribution in [1.82, 2.24) is 0 Å². The Kier molecular flexibility index (Phi) is 2.71. The molecule has 1 spiro atoms. The Labute approximate surface area is 139 Å². The summed E-state index contributed by atoms with van der Waals surface area (Å²) in [6, 6.07) is 1.85. The minimum Gasteiger partial charge on any atom is -0.472 e. The number of hydrogen-bond donors (Lipinski definition) is 0. The first-order valence-corrected chi connectivity index (χ1v) is 8.52. The molecule has 0 aromatic carbocycles. The summed E-state index contributed by atoms with van der Waals surface area (Å²) in [6.45, 7) is 2.03. The van der Waals surface area contributed by atoms with Crippen LogP contribution in [0.25, 0.3) is 0 Å². The molecule has 2 aliphatic heterocycles. The molecule has 4 atom stereocenters. The highest BCUT2D eigenvalue weighted by atomic mass is 16.6. The highest BCUT2D eigenvalue weighted by Crippen LogP contribution is 2.61. The fourth-order valence-corrected chi connectivity index (χ4v) is 5.02. The molecule has 24 heavy (non-hydrogen) atoms. The van der Waals surface area contributed by atoms with Gasteiger partial charge in [-0.05, 0) is 37.3 Å². The zero-order valence-electron chi connectivity index (χ0n) is 13.4. The van der Waals surface area contributed by atoms with Crippen molar-refractivity contribution in [2.75, 3.05) is 0 Å². The van der Waals surface area contributed by atoms with Gasteiger partial charge in [0.1, 0.15) is 11.9 Å². The molecule has 4 unspecified atom stereocenters. The largest absolute Gasteiger partial charge is 0.472 e. The molecular weight excluding hydrogens is 308 g/mol. The van der Waals surface area contributed by atoms with Crippen molar-refractivity contribution in [2.24, 2.45) is 17.3 Å². The summed E-state index contributed by atoms with van der Waals surface area (Å²) < 4.78 is 16.4. The maximum Gasteiger partial charge on any atom is 0.339 e. The van der Waals surface area contributed by atoms with Crippen LogP contribution in [-0.2, 0) is 19.1 Å². The first-order chi connectivity index (χ1) is 11.6. The van der Waals surface area contributed by atoms with Crippen LogP contribution in [0.1, 0.15) is 44.3 Å². The van der Waals surface area contributed by atoms with Crippen molar-refractivity contribution in [1.29, 1.82) is 0 Å². The Balaban J connectivity index is 1.63. The molecule has 5 nitrogen and oxygen atoms in total. The van der Waals surface area contributed by atoms with Crippen LogP contribution in [0.2, 0.25) is 0 Å². The summed E-state index contributed by atoms with van der Waals surface area (Å²) in [6.07, 6.45) is 8.06. The third-order valence-corrected chi connectivity index (χ3v) is 6.21. The van der Waals surface area contributed by atoms with E-state index in [4.69, 9.17) is 13.9 Å². The summed E-state index contributed by atoms with van der Waals surface area (Å²) in [7, 11) is 0. The number of fused-ring (bicyclic) bond motifs is 1. The number of hydrogen-bond acceptors (Lipinski definition) is 5. The summed E-state index contributed by atoms with van der Waals surface area (Å²) in [5.74, 6) is 0.262. The predicted molar refractivity (Wildman–Crippen MR) is 82.3 cm³/mol. The zero-order chi connectivity index (χ0) is 16.5. The second kappa shape index (κ2) is 4.62. The number of allylic oxidation sites excluding steroid dienone is 2. The molecule has 3 heterocycles. The van der Waals surface area contributed by atoms with Crippen LogP contribution in [0.5, 0.6) is 0 Å². The molecule has 1 aromatic rings. The number of esters is 2. The van der Waals surface area contributed by atoms with Gasteiger partial charge in [0.2, 0.25) is 0 Å². The molecule has 4 aliphatic rings. The Morgan fingerprint density at radius 2 is 2.17 bits per heavy atom. The predicted octanol–water partition coefficient (Wildman–Crippen LogP) is 3.44. The molecule has 5 rings (SSSR count). The fourth-order valence-electron chi connectivity index (χ4n) is 5.02. The van der Waals surface area contributed by atoms with Gasteiger partial charge in [0, 0.05) is 29.0 Å². The molecule has 124 valence electrons. The van der Waals surface area contributed by atoms with Gasteiger partial charge in [0.15, 0.2) is 0 Å².